The summed E-state index contributed by atoms with van der Waals surface area (Å²) in [4.78, 5) is 13.5. The Balaban J connectivity index is 1.29. The van der Waals surface area contributed by atoms with E-state index in [4.69, 9.17) is 8.94 Å². The summed E-state index contributed by atoms with van der Waals surface area (Å²) in [5, 5.41) is 4.11. The first kappa shape index (κ1) is 14.8. The smallest absolute Gasteiger partial charge is 0.229 e. The van der Waals surface area contributed by atoms with E-state index < -0.39 is 0 Å². The minimum Gasteiger partial charge on any atom is -0.445 e. The fraction of sp³-hybridized carbons (Fsp3) is 0.688. The lowest BCUT2D eigenvalue weighted by Crippen LogP contribution is -2.34. The monoisotopic (exact) mass is 317 g/mol. The molecule has 2 aliphatic rings. The molecule has 1 unspecified atom stereocenters. The predicted octanol–water partition coefficient (Wildman–Crippen LogP) is 1.95. The molecule has 7 heteroatoms. The summed E-state index contributed by atoms with van der Waals surface area (Å²) in [7, 11) is 2.13. The van der Waals surface area contributed by atoms with Crippen molar-refractivity contribution in [1.82, 2.24) is 24.9 Å². The van der Waals surface area contributed by atoms with Crippen LogP contribution >= 0.6 is 0 Å². The maximum atomic E-state index is 5.57. The van der Waals surface area contributed by atoms with Crippen LogP contribution in [0, 0.1) is 6.92 Å². The van der Waals surface area contributed by atoms with Gasteiger partial charge in [-0.2, -0.15) is 4.98 Å². The van der Waals surface area contributed by atoms with Crippen molar-refractivity contribution in [1.29, 1.82) is 0 Å². The van der Waals surface area contributed by atoms with Gasteiger partial charge in [0.1, 0.15) is 5.76 Å². The second kappa shape index (κ2) is 6.05. The predicted molar refractivity (Wildman–Crippen MR) is 82.7 cm³/mol. The van der Waals surface area contributed by atoms with Gasteiger partial charge in [0.25, 0.3) is 0 Å². The standard InChI is InChI=1S/C16H23N5O2/c1-11-7-17-15(22-11)10-20(2)13-5-6-21(8-13)9-14-18-16(23-19-14)12-3-4-12/h7,12-13H,3-6,8-10H2,1-2H3. The molecule has 0 bridgehead atoms. The average Bonchev–Trinajstić information content (AvgIpc) is 2.93. The number of hydrogen-bond acceptors (Lipinski definition) is 7. The zero-order valence-corrected chi connectivity index (χ0v) is 13.7. The van der Waals surface area contributed by atoms with Gasteiger partial charge < -0.3 is 8.94 Å². The van der Waals surface area contributed by atoms with E-state index in [0.29, 0.717) is 12.0 Å². The Morgan fingerprint density at radius 3 is 2.96 bits per heavy atom. The van der Waals surface area contributed by atoms with Crippen LogP contribution in [-0.4, -0.2) is 51.1 Å². The Morgan fingerprint density at radius 2 is 2.22 bits per heavy atom. The molecule has 1 saturated carbocycles. The molecule has 124 valence electrons. The highest BCUT2D eigenvalue weighted by atomic mass is 16.5. The van der Waals surface area contributed by atoms with Gasteiger partial charge in [-0.1, -0.05) is 5.16 Å². The topological polar surface area (TPSA) is 71.4 Å². The van der Waals surface area contributed by atoms with Crippen molar-refractivity contribution >= 4 is 0 Å². The Kier molecular flexibility index (Phi) is 3.90. The number of aryl methyl sites for hydroxylation is 1. The second-order valence-corrected chi connectivity index (χ2v) is 6.78. The van der Waals surface area contributed by atoms with Crippen LogP contribution in [0.2, 0.25) is 0 Å². The van der Waals surface area contributed by atoms with Gasteiger partial charge >= 0.3 is 0 Å². The van der Waals surface area contributed by atoms with Gasteiger partial charge in [0.15, 0.2) is 5.82 Å². The average molecular weight is 317 g/mol. The third-order valence-corrected chi connectivity index (χ3v) is 4.70. The molecular formula is C16H23N5O2. The van der Waals surface area contributed by atoms with E-state index >= 15 is 0 Å². The van der Waals surface area contributed by atoms with Crippen molar-refractivity contribution in [2.24, 2.45) is 0 Å². The molecule has 0 N–H and O–H groups in total. The van der Waals surface area contributed by atoms with Gasteiger partial charge in [0.2, 0.25) is 11.8 Å². The first-order chi connectivity index (χ1) is 11.2. The van der Waals surface area contributed by atoms with E-state index in [2.05, 4.69) is 32.0 Å². The fourth-order valence-electron chi connectivity index (χ4n) is 3.16. The van der Waals surface area contributed by atoms with Gasteiger partial charge in [-0.3, -0.25) is 9.80 Å². The van der Waals surface area contributed by atoms with E-state index in [0.717, 1.165) is 56.0 Å². The third kappa shape index (κ3) is 3.45. The molecule has 0 aromatic carbocycles. The highest BCUT2D eigenvalue weighted by molar-refractivity contribution is 5.02. The van der Waals surface area contributed by atoms with Crippen molar-refractivity contribution in [2.45, 2.75) is 51.2 Å². The van der Waals surface area contributed by atoms with Crippen LogP contribution in [0.3, 0.4) is 0 Å². The molecule has 7 nitrogen and oxygen atoms in total. The van der Waals surface area contributed by atoms with Crippen LogP contribution in [0.25, 0.3) is 0 Å². The molecule has 1 aliphatic heterocycles. The van der Waals surface area contributed by atoms with Crippen LogP contribution in [0.1, 0.15) is 48.5 Å². The molecule has 0 radical (unpaired) electrons. The normalized spacial score (nSPS) is 22.3. The minimum atomic E-state index is 0.511. The first-order valence-corrected chi connectivity index (χ1v) is 8.34. The largest absolute Gasteiger partial charge is 0.445 e. The van der Waals surface area contributed by atoms with E-state index in [1.54, 1.807) is 6.20 Å². The van der Waals surface area contributed by atoms with E-state index in [9.17, 15) is 0 Å². The summed E-state index contributed by atoms with van der Waals surface area (Å²) in [5.74, 6) is 3.82. The summed E-state index contributed by atoms with van der Waals surface area (Å²) in [5.41, 5.74) is 0. The van der Waals surface area contributed by atoms with Gasteiger partial charge in [0, 0.05) is 25.0 Å². The summed E-state index contributed by atoms with van der Waals surface area (Å²) in [6.07, 6.45) is 5.30. The molecule has 0 spiro atoms. The van der Waals surface area contributed by atoms with E-state index in [1.165, 1.54) is 12.8 Å². The molecular weight excluding hydrogens is 294 g/mol. The van der Waals surface area contributed by atoms with Gasteiger partial charge in [0.05, 0.1) is 19.3 Å². The molecule has 2 aromatic heterocycles. The molecule has 2 fully saturated rings. The van der Waals surface area contributed by atoms with Crippen LogP contribution in [0.4, 0.5) is 0 Å². The summed E-state index contributed by atoms with van der Waals surface area (Å²) < 4.78 is 10.9. The number of aromatic nitrogens is 3. The maximum Gasteiger partial charge on any atom is 0.229 e. The Labute approximate surface area is 135 Å². The number of nitrogens with zero attached hydrogens (tertiary/aromatic N) is 5. The summed E-state index contributed by atoms with van der Waals surface area (Å²) in [6, 6.07) is 0.511. The van der Waals surface area contributed by atoms with Gasteiger partial charge in [-0.05, 0) is 33.2 Å². The molecule has 23 heavy (non-hydrogen) atoms. The van der Waals surface area contributed by atoms with Crippen molar-refractivity contribution in [2.75, 3.05) is 20.1 Å². The molecule has 0 amide bonds. The summed E-state index contributed by atoms with van der Waals surface area (Å²) >= 11 is 0. The fourth-order valence-corrected chi connectivity index (χ4v) is 3.16. The molecule has 1 aliphatic carbocycles. The number of likely N-dealkylation sites (tertiary alicyclic amines) is 1. The Bertz CT molecular complexity index is 663. The zero-order chi connectivity index (χ0) is 15.8. The summed E-state index contributed by atoms with van der Waals surface area (Å²) in [6.45, 7) is 5.53. The quantitative estimate of drug-likeness (QED) is 0.806. The maximum absolute atomic E-state index is 5.57. The highest BCUT2D eigenvalue weighted by Crippen LogP contribution is 2.38. The van der Waals surface area contributed by atoms with E-state index in [-0.39, 0.29) is 0 Å². The number of oxazole rings is 1. The van der Waals surface area contributed by atoms with Crippen LogP contribution in [-0.2, 0) is 13.1 Å². The molecule has 2 aromatic rings. The molecule has 1 saturated heterocycles. The van der Waals surface area contributed by atoms with Crippen LogP contribution < -0.4 is 0 Å². The van der Waals surface area contributed by atoms with Crippen molar-refractivity contribution in [3.05, 3.63) is 29.6 Å². The Morgan fingerprint density at radius 1 is 1.35 bits per heavy atom. The third-order valence-electron chi connectivity index (χ3n) is 4.70. The van der Waals surface area contributed by atoms with Gasteiger partial charge in [-0.15, -0.1) is 0 Å². The Hall–Kier alpha value is -1.73. The first-order valence-electron chi connectivity index (χ1n) is 8.34. The van der Waals surface area contributed by atoms with Crippen molar-refractivity contribution in [3.8, 4) is 0 Å². The highest BCUT2D eigenvalue weighted by Gasteiger charge is 2.31. The lowest BCUT2D eigenvalue weighted by atomic mass is 10.2. The van der Waals surface area contributed by atoms with Gasteiger partial charge in [-0.25, -0.2) is 4.98 Å². The number of hydrogen-bond donors (Lipinski definition) is 0. The molecule has 4 rings (SSSR count). The number of likely N-dealkylation sites (N-methyl/N-ethyl adjacent to an activating group) is 1. The van der Waals surface area contributed by atoms with Crippen LogP contribution in [0.5, 0.6) is 0 Å². The van der Waals surface area contributed by atoms with Crippen molar-refractivity contribution in [3.63, 3.8) is 0 Å². The minimum absolute atomic E-state index is 0.511. The lowest BCUT2D eigenvalue weighted by Gasteiger charge is -2.23. The second-order valence-electron chi connectivity index (χ2n) is 6.78. The van der Waals surface area contributed by atoms with Crippen LogP contribution in [0.15, 0.2) is 15.1 Å². The lowest BCUT2D eigenvalue weighted by molar-refractivity contribution is 0.203. The zero-order valence-electron chi connectivity index (χ0n) is 13.7. The SMILES string of the molecule is Cc1cnc(CN(C)C2CCN(Cc3noc(C4CC4)n3)C2)o1. The van der Waals surface area contributed by atoms with E-state index in [1.807, 2.05) is 6.92 Å². The van der Waals surface area contributed by atoms with Crippen molar-refractivity contribution < 1.29 is 8.94 Å². The number of rotatable bonds is 6. The molecule has 1 atom stereocenters. The molecule has 3 heterocycles.